The number of methoxy groups -OCH3 is 1. The van der Waals surface area contributed by atoms with Crippen LogP contribution in [0, 0.1) is 0 Å². The third-order valence-corrected chi connectivity index (χ3v) is 3.78. The molecule has 7 heteroatoms. The average molecular weight is 389 g/mol. The number of ether oxygens (including phenoxy) is 1. The molecule has 0 unspecified atom stereocenters. The van der Waals surface area contributed by atoms with Crippen molar-refractivity contribution in [2.75, 3.05) is 12.5 Å². The Bertz CT molecular complexity index is 954. The number of hydrogen-bond acceptors (Lipinski definition) is 5. The van der Waals surface area contributed by atoms with Crippen molar-refractivity contribution >= 4 is 38.5 Å². The van der Waals surface area contributed by atoms with E-state index in [1.54, 1.807) is 24.3 Å². The van der Waals surface area contributed by atoms with Crippen molar-refractivity contribution in [1.82, 2.24) is 5.43 Å². The van der Waals surface area contributed by atoms with Gasteiger partial charge in [0.2, 0.25) is 0 Å². The zero-order chi connectivity index (χ0) is 17.1. The maximum atomic E-state index is 12.2. The van der Waals surface area contributed by atoms with Crippen LogP contribution >= 0.6 is 15.9 Å². The minimum Gasteiger partial charge on any atom is -0.493 e. The van der Waals surface area contributed by atoms with Crippen molar-refractivity contribution in [1.29, 1.82) is 0 Å². The third kappa shape index (κ3) is 3.26. The quantitative estimate of drug-likeness (QED) is 0.529. The minimum absolute atomic E-state index is 0.105. The molecule has 2 aromatic carbocycles. The number of hydrazine groups is 1. The van der Waals surface area contributed by atoms with Gasteiger partial charge in [0.05, 0.1) is 12.8 Å². The Balaban J connectivity index is 1.93. The van der Waals surface area contributed by atoms with E-state index >= 15 is 0 Å². The molecule has 0 bridgehead atoms. The van der Waals surface area contributed by atoms with Crippen LogP contribution < -0.4 is 21.2 Å². The van der Waals surface area contributed by atoms with Crippen LogP contribution in [0.3, 0.4) is 0 Å². The van der Waals surface area contributed by atoms with E-state index in [4.69, 9.17) is 9.15 Å². The van der Waals surface area contributed by atoms with Crippen molar-refractivity contribution in [3.05, 3.63) is 69.0 Å². The Morgan fingerprint density at radius 2 is 1.92 bits per heavy atom. The van der Waals surface area contributed by atoms with Crippen molar-refractivity contribution < 1.29 is 13.9 Å². The van der Waals surface area contributed by atoms with E-state index in [-0.39, 0.29) is 5.56 Å². The van der Waals surface area contributed by atoms with Gasteiger partial charge in [0.15, 0.2) is 11.3 Å². The molecule has 2 N–H and O–H groups in total. The number of fused-ring (bicyclic) bond motifs is 1. The topological polar surface area (TPSA) is 80.6 Å². The van der Waals surface area contributed by atoms with Gasteiger partial charge in [-0.3, -0.25) is 15.6 Å². The van der Waals surface area contributed by atoms with Gasteiger partial charge >= 0.3 is 5.63 Å². The molecule has 6 nitrogen and oxygen atoms in total. The second-order valence-electron chi connectivity index (χ2n) is 4.92. The van der Waals surface area contributed by atoms with Crippen LogP contribution in [-0.4, -0.2) is 13.0 Å². The Hall–Kier alpha value is -2.80. The number of para-hydroxylation sites is 1. The lowest BCUT2D eigenvalue weighted by Gasteiger charge is -2.09. The van der Waals surface area contributed by atoms with E-state index in [9.17, 15) is 9.59 Å². The molecule has 24 heavy (non-hydrogen) atoms. The van der Waals surface area contributed by atoms with Gasteiger partial charge in [0.25, 0.3) is 5.91 Å². The lowest BCUT2D eigenvalue weighted by Crippen LogP contribution is -2.32. The molecule has 0 aliphatic rings. The molecule has 0 fully saturated rings. The smallest absolute Gasteiger partial charge is 0.349 e. The summed E-state index contributed by atoms with van der Waals surface area (Å²) in [6, 6.07) is 14.0. The van der Waals surface area contributed by atoms with Crippen molar-refractivity contribution in [2.24, 2.45) is 0 Å². The monoisotopic (exact) mass is 388 g/mol. The van der Waals surface area contributed by atoms with Gasteiger partial charge in [-0.15, -0.1) is 0 Å². The van der Waals surface area contributed by atoms with Crippen molar-refractivity contribution in [3.8, 4) is 5.75 Å². The predicted octanol–water partition coefficient (Wildman–Crippen LogP) is 3.32. The Morgan fingerprint density at radius 3 is 2.62 bits per heavy atom. The van der Waals surface area contributed by atoms with E-state index in [0.29, 0.717) is 22.4 Å². The zero-order valence-corrected chi connectivity index (χ0v) is 14.2. The summed E-state index contributed by atoms with van der Waals surface area (Å²) in [6.07, 6.45) is 0. The zero-order valence-electron chi connectivity index (χ0n) is 12.6. The summed E-state index contributed by atoms with van der Waals surface area (Å²) in [7, 11) is 1.48. The normalized spacial score (nSPS) is 10.4. The molecule has 0 radical (unpaired) electrons. The molecule has 3 rings (SSSR count). The molecule has 122 valence electrons. The number of halogens is 1. The van der Waals surface area contributed by atoms with E-state index in [1.165, 1.54) is 13.2 Å². The van der Waals surface area contributed by atoms with Crippen LogP contribution in [-0.2, 0) is 0 Å². The number of rotatable bonds is 4. The SMILES string of the molecule is COc1cc(Br)cc2cc(C(=O)NNc3ccccc3)c(=O)oc12. The van der Waals surface area contributed by atoms with Gasteiger partial charge in [0.1, 0.15) is 5.56 Å². The van der Waals surface area contributed by atoms with Crippen LogP contribution in [0.2, 0.25) is 0 Å². The van der Waals surface area contributed by atoms with E-state index < -0.39 is 11.5 Å². The molecule has 0 saturated heterocycles. The molecule has 0 aliphatic carbocycles. The fourth-order valence-electron chi connectivity index (χ4n) is 2.19. The molecule has 1 aromatic heterocycles. The molecule has 0 atom stereocenters. The Morgan fingerprint density at radius 1 is 1.17 bits per heavy atom. The molecule has 0 aliphatic heterocycles. The van der Waals surface area contributed by atoms with E-state index in [0.717, 1.165) is 4.47 Å². The second-order valence-corrected chi connectivity index (χ2v) is 5.83. The third-order valence-electron chi connectivity index (χ3n) is 3.32. The van der Waals surface area contributed by atoms with Gasteiger partial charge in [-0.05, 0) is 30.3 Å². The first-order valence-corrected chi connectivity index (χ1v) is 7.80. The summed E-state index contributed by atoms with van der Waals surface area (Å²) in [5.74, 6) is -0.181. The van der Waals surface area contributed by atoms with Crippen molar-refractivity contribution in [3.63, 3.8) is 0 Å². The fourth-order valence-corrected chi connectivity index (χ4v) is 2.65. The number of carbonyl (C=O) groups excluding carboxylic acids is 1. The maximum Gasteiger partial charge on any atom is 0.349 e. The van der Waals surface area contributed by atoms with Crippen LogP contribution in [0.15, 0.2) is 62.2 Å². The van der Waals surface area contributed by atoms with Crippen LogP contribution in [0.5, 0.6) is 5.75 Å². The van der Waals surface area contributed by atoms with Gasteiger partial charge < -0.3 is 9.15 Å². The standard InChI is InChI=1S/C17H13BrN2O4/c1-23-14-9-11(18)7-10-8-13(17(22)24-15(10)14)16(21)20-19-12-5-3-2-4-6-12/h2-9,19H,1H3,(H,20,21). The Labute approximate surface area is 145 Å². The summed E-state index contributed by atoms with van der Waals surface area (Å²) >= 11 is 3.35. The molecular weight excluding hydrogens is 376 g/mol. The van der Waals surface area contributed by atoms with E-state index in [1.807, 2.05) is 18.2 Å². The predicted molar refractivity (Wildman–Crippen MR) is 94.3 cm³/mol. The first-order chi connectivity index (χ1) is 11.6. The molecule has 3 aromatic rings. The lowest BCUT2D eigenvalue weighted by molar-refractivity contribution is 0.0959. The molecule has 1 amide bonds. The summed E-state index contributed by atoms with van der Waals surface area (Å²) in [4.78, 5) is 24.4. The first-order valence-electron chi connectivity index (χ1n) is 7.01. The van der Waals surface area contributed by atoms with Crippen LogP contribution in [0.1, 0.15) is 10.4 Å². The Kier molecular flexibility index (Phi) is 4.52. The summed E-state index contributed by atoms with van der Waals surface area (Å²) in [5, 5.41) is 0.575. The highest BCUT2D eigenvalue weighted by molar-refractivity contribution is 9.10. The minimum atomic E-state index is -0.740. The lowest BCUT2D eigenvalue weighted by atomic mass is 10.1. The molecule has 0 saturated carbocycles. The highest BCUT2D eigenvalue weighted by Gasteiger charge is 2.16. The van der Waals surface area contributed by atoms with Gasteiger partial charge in [-0.2, -0.15) is 0 Å². The molecule has 0 spiro atoms. The summed E-state index contributed by atoms with van der Waals surface area (Å²) in [6.45, 7) is 0. The highest BCUT2D eigenvalue weighted by Crippen LogP contribution is 2.29. The number of benzene rings is 2. The van der Waals surface area contributed by atoms with Gasteiger partial charge in [-0.1, -0.05) is 34.1 Å². The summed E-state index contributed by atoms with van der Waals surface area (Å²) < 4.78 is 11.2. The van der Waals surface area contributed by atoms with Crippen LogP contribution in [0.4, 0.5) is 5.69 Å². The van der Waals surface area contributed by atoms with E-state index in [2.05, 4.69) is 26.8 Å². The fraction of sp³-hybridized carbons (Fsp3) is 0.0588. The highest BCUT2D eigenvalue weighted by atomic mass is 79.9. The van der Waals surface area contributed by atoms with Gasteiger partial charge in [-0.25, -0.2) is 4.79 Å². The first kappa shape index (κ1) is 16.1. The number of amides is 1. The van der Waals surface area contributed by atoms with Crippen molar-refractivity contribution in [2.45, 2.75) is 0 Å². The second kappa shape index (κ2) is 6.76. The number of anilines is 1. The number of carbonyl (C=O) groups is 1. The largest absolute Gasteiger partial charge is 0.493 e. The van der Waals surface area contributed by atoms with Gasteiger partial charge in [0, 0.05) is 9.86 Å². The number of nitrogens with one attached hydrogen (secondary N) is 2. The maximum absolute atomic E-state index is 12.2. The molecule has 1 heterocycles. The molecular formula is C17H13BrN2O4. The average Bonchev–Trinajstić information content (AvgIpc) is 2.59. The summed E-state index contributed by atoms with van der Waals surface area (Å²) in [5.41, 5.74) is 5.35. The number of hydrogen-bond donors (Lipinski definition) is 2. The van der Waals surface area contributed by atoms with Crippen LogP contribution in [0.25, 0.3) is 11.0 Å².